The lowest BCUT2D eigenvalue weighted by Crippen LogP contribution is -2.22. The minimum Gasteiger partial charge on any atom is -0.361 e. The highest BCUT2D eigenvalue weighted by atomic mass is 79.9. The van der Waals surface area contributed by atoms with Gasteiger partial charge in [-0.2, -0.15) is 0 Å². The highest BCUT2D eigenvalue weighted by Crippen LogP contribution is 2.37. The largest absolute Gasteiger partial charge is 0.361 e. The van der Waals surface area contributed by atoms with Gasteiger partial charge in [-0.05, 0) is 75.6 Å². The maximum absolute atomic E-state index is 13.4. The first-order valence-corrected chi connectivity index (χ1v) is 13.5. The summed E-state index contributed by atoms with van der Waals surface area (Å²) in [5.41, 5.74) is 4.07. The Bertz CT molecular complexity index is 889. The molecule has 2 aromatic heterocycles. The molecule has 3 nitrogen and oxygen atoms in total. The first-order valence-electron chi connectivity index (χ1n) is 8.98. The van der Waals surface area contributed by atoms with Gasteiger partial charge in [0.05, 0.1) is 10.3 Å². The molecule has 3 aromatic rings. The summed E-state index contributed by atoms with van der Waals surface area (Å²) in [6.07, 6.45) is 3.55. The van der Waals surface area contributed by atoms with Crippen molar-refractivity contribution in [2.24, 2.45) is 0 Å². The lowest BCUT2D eigenvalue weighted by molar-refractivity contribution is 0.0872. The number of aromatic nitrogens is 2. The fourth-order valence-corrected chi connectivity index (χ4v) is 4.11. The quantitative estimate of drug-likeness (QED) is 0.308. The van der Waals surface area contributed by atoms with Crippen LogP contribution in [-0.2, 0) is 11.5 Å². The topological polar surface area (TPSA) is 27.1 Å². The van der Waals surface area contributed by atoms with E-state index in [9.17, 15) is 4.39 Å². The highest BCUT2D eigenvalue weighted by Gasteiger charge is 2.18. The van der Waals surface area contributed by atoms with Gasteiger partial charge in [-0.15, -0.1) is 0 Å². The molecule has 0 aliphatic carbocycles. The van der Waals surface area contributed by atoms with Crippen LogP contribution in [0, 0.1) is 5.82 Å². The molecule has 0 radical (unpaired) electrons. The molecule has 0 amide bonds. The van der Waals surface area contributed by atoms with Crippen LogP contribution in [0.1, 0.15) is 0 Å². The molecule has 0 unspecified atom stereocenters. The van der Waals surface area contributed by atoms with Crippen LogP contribution < -0.4 is 0 Å². The van der Waals surface area contributed by atoms with E-state index in [-0.39, 0.29) is 5.82 Å². The fraction of sp³-hybridized carbons (Fsp3) is 0.286. The van der Waals surface area contributed by atoms with Crippen LogP contribution in [0.15, 0.2) is 59.5 Å². The molecule has 27 heavy (non-hydrogen) atoms. The molecule has 0 spiro atoms. The molecule has 0 saturated heterocycles. The van der Waals surface area contributed by atoms with E-state index in [2.05, 4.69) is 51.2 Å². The molecule has 2 heterocycles. The van der Waals surface area contributed by atoms with E-state index < -0.39 is 8.07 Å². The second-order valence-corrected chi connectivity index (χ2v) is 14.2. The summed E-state index contributed by atoms with van der Waals surface area (Å²) in [4.78, 5) is 4.11. The number of hydrogen-bond acceptors (Lipinski definition) is 2. The Labute approximate surface area is 169 Å². The summed E-state index contributed by atoms with van der Waals surface area (Å²) in [6.45, 7) is 8.21. The zero-order valence-corrected chi connectivity index (χ0v) is 18.5. The molecule has 6 heteroatoms. The molecule has 142 valence electrons. The lowest BCUT2D eigenvalue weighted by Gasteiger charge is -2.17. The first-order chi connectivity index (χ1) is 12.8. The Morgan fingerprint density at radius 3 is 2.33 bits per heavy atom. The van der Waals surface area contributed by atoms with Crippen LogP contribution in [0.4, 0.5) is 4.39 Å². The van der Waals surface area contributed by atoms with Crippen molar-refractivity contribution in [2.75, 3.05) is 6.61 Å². The SMILES string of the molecule is C[Si](C)(C)CCOCn1c(Br)cc(-c2ccncc2)c1-c1ccc(F)cc1. The third-order valence-corrected chi connectivity index (χ3v) is 6.73. The van der Waals surface area contributed by atoms with Crippen molar-refractivity contribution in [1.29, 1.82) is 0 Å². The van der Waals surface area contributed by atoms with Crippen LogP contribution in [-0.4, -0.2) is 24.2 Å². The molecule has 1 aromatic carbocycles. The second-order valence-electron chi connectivity index (χ2n) is 7.75. The average molecular weight is 447 g/mol. The maximum atomic E-state index is 13.4. The van der Waals surface area contributed by atoms with Crippen molar-refractivity contribution in [1.82, 2.24) is 9.55 Å². The fourth-order valence-electron chi connectivity index (χ4n) is 2.85. The molecule has 0 aliphatic rings. The van der Waals surface area contributed by atoms with Crippen LogP contribution >= 0.6 is 15.9 Å². The normalized spacial score (nSPS) is 11.7. The standard InChI is InChI=1S/C21H24BrFN2OSi/c1-27(2,3)13-12-26-15-25-20(22)14-19(16-8-10-24-11-9-16)21(25)17-4-6-18(23)7-5-17/h4-11,14H,12-13,15H2,1-3H3. The van der Waals surface area contributed by atoms with Gasteiger partial charge in [0.15, 0.2) is 0 Å². The number of rotatable bonds is 7. The predicted molar refractivity (Wildman–Crippen MR) is 115 cm³/mol. The first kappa shape index (κ1) is 20.0. The Hall–Kier alpha value is -1.76. The average Bonchev–Trinajstić information content (AvgIpc) is 2.96. The number of pyridine rings is 1. The van der Waals surface area contributed by atoms with E-state index in [1.807, 2.05) is 12.1 Å². The second kappa shape index (κ2) is 8.50. The van der Waals surface area contributed by atoms with Crippen molar-refractivity contribution >= 4 is 24.0 Å². The van der Waals surface area contributed by atoms with Gasteiger partial charge >= 0.3 is 0 Å². The molecule has 3 rings (SSSR count). The maximum Gasteiger partial charge on any atom is 0.123 e. The van der Waals surface area contributed by atoms with Crippen LogP contribution in [0.3, 0.4) is 0 Å². The summed E-state index contributed by atoms with van der Waals surface area (Å²) in [5, 5.41) is 0. The molecule has 0 fully saturated rings. The van der Waals surface area contributed by atoms with E-state index in [1.54, 1.807) is 24.5 Å². The smallest absolute Gasteiger partial charge is 0.123 e. The minimum atomic E-state index is -1.13. The van der Waals surface area contributed by atoms with Crippen molar-refractivity contribution in [2.45, 2.75) is 32.4 Å². The highest BCUT2D eigenvalue weighted by molar-refractivity contribution is 9.10. The molecular weight excluding hydrogens is 423 g/mol. The summed E-state index contributed by atoms with van der Waals surface area (Å²) >= 11 is 3.67. The van der Waals surface area contributed by atoms with Crippen molar-refractivity contribution in [3.63, 3.8) is 0 Å². The van der Waals surface area contributed by atoms with Gasteiger partial charge in [0.1, 0.15) is 12.5 Å². The van der Waals surface area contributed by atoms with Crippen LogP contribution in [0.5, 0.6) is 0 Å². The Morgan fingerprint density at radius 2 is 1.70 bits per heavy atom. The lowest BCUT2D eigenvalue weighted by atomic mass is 10.0. The minimum absolute atomic E-state index is 0.243. The third-order valence-electron chi connectivity index (χ3n) is 4.37. The van der Waals surface area contributed by atoms with E-state index in [0.29, 0.717) is 6.73 Å². The molecule has 0 aliphatic heterocycles. The van der Waals surface area contributed by atoms with E-state index in [0.717, 1.165) is 39.6 Å². The molecule has 0 atom stereocenters. The Kier molecular flexibility index (Phi) is 6.29. The molecular formula is C21H24BrFN2OSi. The number of halogens is 2. The summed E-state index contributed by atoms with van der Waals surface area (Å²) in [5.74, 6) is -0.243. The Morgan fingerprint density at radius 1 is 1.04 bits per heavy atom. The predicted octanol–water partition coefficient (Wildman–Crippen LogP) is 6.43. The summed E-state index contributed by atoms with van der Waals surface area (Å²) < 4.78 is 22.5. The van der Waals surface area contributed by atoms with Gasteiger partial charge < -0.3 is 9.30 Å². The van der Waals surface area contributed by atoms with Gasteiger partial charge in [-0.3, -0.25) is 4.98 Å². The third kappa shape index (κ3) is 5.15. The number of benzene rings is 1. The van der Waals surface area contributed by atoms with Gasteiger partial charge in [0.25, 0.3) is 0 Å². The van der Waals surface area contributed by atoms with E-state index in [4.69, 9.17) is 4.74 Å². The Balaban J connectivity index is 1.97. The number of hydrogen-bond donors (Lipinski definition) is 0. The zero-order chi connectivity index (χ0) is 19.4. The molecule has 0 bridgehead atoms. The monoisotopic (exact) mass is 446 g/mol. The number of ether oxygens (including phenoxy) is 1. The summed E-state index contributed by atoms with van der Waals surface area (Å²) in [7, 11) is -1.13. The zero-order valence-electron chi connectivity index (χ0n) is 15.9. The van der Waals surface area contributed by atoms with Gasteiger partial charge in [0.2, 0.25) is 0 Å². The molecule has 0 saturated carbocycles. The number of nitrogens with zero attached hydrogens (tertiary/aromatic N) is 2. The van der Waals surface area contributed by atoms with Crippen LogP contribution in [0.2, 0.25) is 25.7 Å². The van der Waals surface area contributed by atoms with Crippen molar-refractivity contribution in [3.8, 4) is 22.4 Å². The molecule has 0 N–H and O–H groups in total. The summed E-state index contributed by atoms with van der Waals surface area (Å²) in [6, 6.07) is 13.7. The van der Waals surface area contributed by atoms with Crippen molar-refractivity contribution in [3.05, 3.63) is 65.3 Å². The van der Waals surface area contributed by atoms with Crippen LogP contribution in [0.25, 0.3) is 22.4 Å². The van der Waals surface area contributed by atoms with E-state index >= 15 is 0 Å². The van der Waals surface area contributed by atoms with Gasteiger partial charge in [-0.25, -0.2) is 4.39 Å². The van der Waals surface area contributed by atoms with Gasteiger partial charge in [0, 0.05) is 32.6 Å². The van der Waals surface area contributed by atoms with E-state index in [1.165, 1.54) is 12.1 Å². The van der Waals surface area contributed by atoms with Crippen molar-refractivity contribution < 1.29 is 9.13 Å². The van der Waals surface area contributed by atoms with Gasteiger partial charge in [-0.1, -0.05) is 19.6 Å².